The lowest BCUT2D eigenvalue weighted by Gasteiger charge is -2.24. The number of aliphatic hydroxyl groups excluding tert-OH is 1. The Balaban J connectivity index is -0.00000103. The highest BCUT2D eigenvalue weighted by Gasteiger charge is 2.11. The molecule has 0 radical (unpaired) electrons. The van der Waals surface area contributed by atoms with Gasteiger partial charge < -0.3 is 29.5 Å². The molecular formula is C69H148N2O5. The van der Waals surface area contributed by atoms with Gasteiger partial charge in [-0.25, -0.2) is 0 Å². The molecule has 0 rings (SSSR count). The zero-order chi connectivity index (χ0) is 57.7. The third-order valence-electron chi connectivity index (χ3n) is 15.1. The first-order valence-electron chi connectivity index (χ1n) is 34.5. The minimum absolute atomic E-state index is 0.250. The van der Waals surface area contributed by atoms with Crippen molar-refractivity contribution in [2.24, 2.45) is 5.92 Å². The Morgan fingerprint density at radius 3 is 0.658 bits per heavy atom. The third kappa shape index (κ3) is 84.3. The van der Waals surface area contributed by atoms with Crippen LogP contribution < -0.4 is 0 Å². The van der Waals surface area contributed by atoms with Crippen LogP contribution in [0, 0.1) is 5.92 Å². The Labute approximate surface area is 481 Å². The van der Waals surface area contributed by atoms with Crippen molar-refractivity contribution < 1.29 is 24.5 Å². The topological polar surface area (TPSA) is 90.3 Å². The standard InChI is InChI=1S/C62H128N2O.2C2H6.CH2O2.CH4O.CH2O/c1-6-11-16-21-26-27-28-29-30-31-32-35-42-49-56-64(57-50-43-36-39-46-53-62(51-44-37-24-19-14-9-4)52-45-38-25-20-15-10-5)59-61-65-60-58-63(54-47-40-33-22-17-12-7-2)55-48-41-34-23-18-13-8-3;2*1-2;2-1-3;2*1-2/h62H,6-61H2,1-5H3;2*1-2H3;1H,(H,2,3);2H,1H3;1H2. The van der Waals surface area contributed by atoms with E-state index in [-0.39, 0.29) is 6.47 Å². The molecule has 7 heteroatoms. The molecule has 0 unspecified atom stereocenters. The zero-order valence-electron chi connectivity index (χ0n) is 54.5. The van der Waals surface area contributed by atoms with Crippen molar-refractivity contribution in [3.8, 4) is 0 Å². The largest absolute Gasteiger partial charge is 0.483 e. The molecule has 0 bridgehead atoms. The van der Waals surface area contributed by atoms with Crippen LogP contribution in [0.15, 0.2) is 0 Å². The Morgan fingerprint density at radius 2 is 0.474 bits per heavy atom. The summed E-state index contributed by atoms with van der Waals surface area (Å²) in [5.74, 6) is 1.00. The highest BCUT2D eigenvalue weighted by molar-refractivity contribution is 5.32. The summed E-state index contributed by atoms with van der Waals surface area (Å²) < 4.78 is 6.47. The van der Waals surface area contributed by atoms with Gasteiger partial charge in [0.25, 0.3) is 6.47 Å². The fourth-order valence-electron chi connectivity index (χ4n) is 10.4. The summed E-state index contributed by atoms with van der Waals surface area (Å²) in [4.78, 5) is 21.9. The monoisotopic (exact) mass is 1090 g/mol. The molecule has 0 atom stereocenters. The van der Waals surface area contributed by atoms with Crippen molar-refractivity contribution >= 4 is 13.3 Å². The number of rotatable bonds is 59. The predicted octanol–water partition coefficient (Wildman–Crippen LogP) is 22.2. The van der Waals surface area contributed by atoms with Gasteiger partial charge in [0.2, 0.25) is 0 Å². The summed E-state index contributed by atoms with van der Waals surface area (Å²) in [5, 5.41) is 13.9. The van der Waals surface area contributed by atoms with E-state index in [1.54, 1.807) is 0 Å². The van der Waals surface area contributed by atoms with Gasteiger partial charge in [0.05, 0.1) is 13.2 Å². The second-order valence-corrected chi connectivity index (χ2v) is 21.8. The predicted molar refractivity (Wildman–Crippen MR) is 344 cm³/mol. The van der Waals surface area contributed by atoms with E-state index in [4.69, 9.17) is 24.5 Å². The summed E-state index contributed by atoms with van der Waals surface area (Å²) >= 11 is 0. The second-order valence-electron chi connectivity index (χ2n) is 21.8. The molecular weight excluding hydrogens is 937 g/mol. The van der Waals surface area contributed by atoms with Crippen LogP contribution in [0.2, 0.25) is 0 Å². The normalized spacial score (nSPS) is 10.7. The number of hydrogen-bond acceptors (Lipinski definition) is 6. The van der Waals surface area contributed by atoms with E-state index in [1.165, 1.54) is 334 Å². The highest BCUT2D eigenvalue weighted by Crippen LogP contribution is 2.25. The van der Waals surface area contributed by atoms with Gasteiger partial charge >= 0.3 is 0 Å². The lowest BCUT2D eigenvalue weighted by molar-refractivity contribution is -0.122. The Kier molecular flexibility index (Phi) is 103. The van der Waals surface area contributed by atoms with Gasteiger partial charge in [0, 0.05) is 20.2 Å². The Morgan fingerprint density at radius 1 is 0.316 bits per heavy atom. The minimum Gasteiger partial charge on any atom is -0.483 e. The lowest BCUT2D eigenvalue weighted by Crippen LogP contribution is -2.32. The molecule has 0 aliphatic rings. The van der Waals surface area contributed by atoms with Crippen LogP contribution in [0.4, 0.5) is 0 Å². The van der Waals surface area contributed by atoms with E-state index in [2.05, 4.69) is 44.4 Å². The van der Waals surface area contributed by atoms with Gasteiger partial charge in [-0.05, 0) is 57.8 Å². The van der Waals surface area contributed by atoms with Crippen LogP contribution in [-0.4, -0.2) is 92.9 Å². The average Bonchev–Trinajstić information content (AvgIpc) is 3.45. The number of hydrogen-bond donors (Lipinski definition) is 2. The second kappa shape index (κ2) is 90.5. The summed E-state index contributed by atoms with van der Waals surface area (Å²) in [6.07, 6.45) is 68.9. The van der Waals surface area contributed by atoms with Crippen LogP contribution in [0.3, 0.4) is 0 Å². The first-order valence-corrected chi connectivity index (χ1v) is 34.5. The van der Waals surface area contributed by atoms with E-state index in [1.807, 2.05) is 34.5 Å². The van der Waals surface area contributed by atoms with E-state index < -0.39 is 0 Å². The van der Waals surface area contributed by atoms with Gasteiger partial charge in [0.15, 0.2) is 0 Å². The molecule has 0 fully saturated rings. The maximum absolute atomic E-state index is 8.36. The molecule has 0 aromatic heterocycles. The molecule has 7 nitrogen and oxygen atoms in total. The zero-order valence-corrected chi connectivity index (χ0v) is 54.5. The fraction of sp³-hybridized carbons (Fsp3) is 0.971. The van der Waals surface area contributed by atoms with Crippen LogP contribution in [0.5, 0.6) is 0 Å². The molecule has 0 amide bonds. The minimum atomic E-state index is -0.250. The van der Waals surface area contributed by atoms with E-state index in [9.17, 15) is 0 Å². The molecule has 0 aromatic rings. The molecule has 0 spiro atoms. The van der Waals surface area contributed by atoms with E-state index in [0.717, 1.165) is 39.3 Å². The molecule has 0 saturated carbocycles. The maximum atomic E-state index is 8.36. The molecule has 0 aliphatic carbocycles. The van der Waals surface area contributed by atoms with Gasteiger partial charge in [-0.15, -0.1) is 0 Å². The summed E-state index contributed by atoms with van der Waals surface area (Å²) in [7, 11) is 1.00. The van der Waals surface area contributed by atoms with Crippen molar-refractivity contribution in [1.29, 1.82) is 0 Å². The summed E-state index contributed by atoms with van der Waals surface area (Å²) in [6, 6.07) is 0. The first kappa shape index (κ1) is 86.2. The molecule has 0 heterocycles. The molecule has 0 saturated heterocycles. The lowest BCUT2D eigenvalue weighted by atomic mass is 9.89. The van der Waals surface area contributed by atoms with Crippen molar-refractivity contribution in [1.82, 2.24) is 9.80 Å². The van der Waals surface area contributed by atoms with Gasteiger partial charge in [-0.2, -0.15) is 0 Å². The van der Waals surface area contributed by atoms with E-state index >= 15 is 0 Å². The number of ether oxygens (including phenoxy) is 1. The highest BCUT2D eigenvalue weighted by atomic mass is 16.5. The van der Waals surface area contributed by atoms with Crippen LogP contribution in [0.25, 0.3) is 0 Å². The quantitative estimate of drug-likeness (QED) is 0.0463. The van der Waals surface area contributed by atoms with Crippen molar-refractivity contribution in [2.45, 2.75) is 371 Å². The Hall–Kier alpha value is -1.02. The number of carbonyl (C=O) groups excluding carboxylic acids is 1. The number of aliphatic hydroxyl groups is 1. The van der Waals surface area contributed by atoms with Gasteiger partial charge in [-0.1, -0.05) is 345 Å². The number of carboxylic acid groups (broad SMARTS) is 1. The number of unbranched alkanes of at least 4 members (excludes halogenated alkanes) is 39. The number of nitrogens with zero attached hydrogens (tertiary/aromatic N) is 2. The van der Waals surface area contributed by atoms with Crippen molar-refractivity contribution in [3.63, 3.8) is 0 Å². The van der Waals surface area contributed by atoms with Crippen LogP contribution in [-0.2, 0) is 14.3 Å². The maximum Gasteiger partial charge on any atom is 0.290 e. The molecule has 464 valence electrons. The van der Waals surface area contributed by atoms with Crippen LogP contribution in [0.1, 0.15) is 371 Å². The van der Waals surface area contributed by atoms with Crippen LogP contribution >= 0.6 is 0 Å². The molecule has 76 heavy (non-hydrogen) atoms. The summed E-state index contributed by atoms with van der Waals surface area (Å²) in [5.41, 5.74) is 0. The smallest absolute Gasteiger partial charge is 0.290 e. The SMILES string of the molecule is C=O.CC.CC.CCCCCCCCCCCCCCCCN(CCCCCCCC(CCCCCCCC)CCCCCCCC)CCOCCN(CCCCCCCCC)CCCCCCCCC.CO.O=CO. The molecule has 0 aromatic carbocycles. The number of carbonyl (C=O) groups is 2. The first-order chi connectivity index (χ1) is 37.6. The van der Waals surface area contributed by atoms with Crippen molar-refractivity contribution in [3.05, 3.63) is 0 Å². The summed E-state index contributed by atoms with van der Waals surface area (Å²) in [6.45, 7) is 30.6. The Bertz CT molecular complexity index is 862. The van der Waals surface area contributed by atoms with E-state index in [0.29, 0.717) is 0 Å². The third-order valence-corrected chi connectivity index (χ3v) is 15.1. The van der Waals surface area contributed by atoms with Gasteiger partial charge in [-0.3, -0.25) is 4.79 Å². The molecule has 0 aliphatic heterocycles. The van der Waals surface area contributed by atoms with Gasteiger partial charge in [0.1, 0.15) is 6.79 Å². The average molecular weight is 1090 g/mol. The van der Waals surface area contributed by atoms with Crippen molar-refractivity contribution in [2.75, 3.05) is 59.6 Å². The fourth-order valence-corrected chi connectivity index (χ4v) is 10.4. The molecule has 2 N–H and O–H groups in total.